The molecule has 0 fully saturated rings. The lowest BCUT2D eigenvalue weighted by molar-refractivity contribution is -0.137. The van der Waals surface area contributed by atoms with E-state index in [1.807, 2.05) is 0 Å². The molecular weight excluding hydrogens is 242 g/mol. The first-order chi connectivity index (χ1) is 8.13. The molecule has 4 nitrogen and oxygen atoms in total. The molecule has 0 unspecified atom stereocenters. The maximum absolute atomic E-state index is 11.8. The predicted octanol–water partition coefficient (Wildman–Crippen LogP) is 2.57. The monoisotopic (exact) mass is 251 g/mol. The topological polar surface area (TPSA) is 59.2 Å². The van der Waals surface area contributed by atoms with E-state index >= 15 is 0 Å². The molecule has 1 aromatic carbocycles. The Labute approximate surface area is 103 Å². The number of aromatic amines is 1. The number of ketones is 1. The fourth-order valence-corrected chi connectivity index (χ4v) is 1.76. The molecule has 17 heavy (non-hydrogen) atoms. The quantitative estimate of drug-likeness (QED) is 0.518. The van der Waals surface area contributed by atoms with Crippen LogP contribution in [0.2, 0.25) is 5.02 Å². The van der Waals surface area contributed by atoms with Gasteiger partial charge in [0.2, 0.25) is 0 Å². The zero-order valence-corrected chi connectivity index (χ0v) is 9.88. The first-order valence-electron chi connectivity index (χ1n) is 5.11. The highest BCUT2D eigenvalue weighted by Gasteiger charge is 2.20. The van der Waals surface area contributed by atoms with Gasteiger partial charge in [-0.05, 0) is 19.1 Å². The number of nitrogens with one attached hydrogen (secondary N) is 1. The van der Waals surface area contributed by atoms with Gasteiger partial charge in [-0.25, -0.2) is 4.79 Å². The third-order valence-corrected chi connectivity index (χ3v) is 2.58. The van der Waals surface area contributed by atoms with Gasteiger partial charge in [-0.3, -0.25) is 4.79 Å². The van der Waals surface area contributed by atoms with E-state index in [0.717, 1.165) is 0 Å². The summed E-state index contributed by atoms with van der Waals surface area (Å²) < 4.78 is 4.67. The second-order valence-corrected chi connectivity index (χ2v) is 3.88. The van der Waals surface area contributed by atoms with Crippen LogP contribution in [0.1, 0.15) is 17.3 Å². The van der Waals surface area contributed by atoms with Crippen molar-refractivity contribution in [2.75, 3.05) is 6.61 Å². The Morgan fingerprint density at radius 2 is 2.18 bits per heavy atom. The fourth-order valence-electron chi connectivity index (χ4n) is 1.59. The van der Waals surface area contributed by atoms with Crippen LogP contribution < -0.4 is 0 Å². The summed E-state index contributed by atoms with van der Waals surface area (Å²) in [4.78, 5) is 26.0. The minimum atomic E-state index is -0.844. The van der Waals surface area contributed by atoms with Gasteiger partial charge >= 0.3 is 5.97 Å². The molecule has 0 bridgehead atoms. The number of carbonyl (C=O) groups excluding carboxylic acids is 2. The van der Waals surface area contributed by atoms with Crippen LogP contribution in [-0.4, -0.2) is 23.3 Å². The number of benzene rings is 1. The summed E-state index contributed by atoms with van der Waals surface area (Å²) in [6, 6.07) is 5.05. The number of carbonyl (C=O) groups is 2. The number of halogens is 1. The van der Waals surface area contributed by atoms with Crippen molar-refractivity contribution in [3.05, 3.63) is 35.0 Å². The summed E-state index contributed by atoms with van der Waals surface area (Å²) in [6.07, 6.45) is 1.49. The van der Waals surface area contributed by atoms with Crippen LogP contribution in [-0.2, 0) is 9.53 Å². The molecule has 1 aromatic heterocycles. The Bertz CT molecular complexity index is 588. The van der Waals surface area contributed by atoms with Crippen LogP contribution in [0.25, 0.3) is 10.9 Å². The summed E-state index contributed by atoms with van der Waals surface area (Å²) in [5, 5.41) is 1.22. The number of aromatic nitrogens is 1. The number of esters is 1. The number of Topliss-reactive ketones (excluding diaryl/α,β-unsaturated/α-hetero) is 1. The first kappa shape index (κ1) is 11.7. The molecule has 0 aliphatic heterocycles. The lowest BCUT2D eigenvalue weighted by Gasteiger charge is -1.99. The van der Waals surface area contributed by atoms with E-state index in [4.69, 9.17) is 11.6 Å². The van der Waals surface area contributed by atoms with Crippen molar-refractivity contribution < 1.29 is 14.3 Å². The Morgan fingerprint density at radius 1 is 1.41 bits per heavy atom. The summed E-state index contributed by atoms with van der Waals surface area (Å²) in [5.41, 5.74) is 1.01. The number of hydrogen-bond acceptors (Lipinski definition) is 3. The van der Waals surface area contributed by atoms with E-state index in [9.17, 15) is 9.59 Å². The van der Waals surface area contributed by atoms with Gasteiger partial charge in [0, 0.05) is 22.1 Å². The minimum absolute atomic E-state index is 0.179. The molecule has 0 atom stereocenters. The Morgan fingerprint density at radius 3 is 2.88 bits per heavy atom. The molecule has 2 aromatic rings. The zero-order valence-electron chi connectivity index (χ0n) is 9.12. The Kier molecular flexibility index (Phi) is 3.15. The van der Waals surface area contributed by atoms with Crippen LogP contribution in [0.5, 0.6) is 0 Å². The lowest BCUT2D eigenvalue weighted by atomic mass is 10.1. The van der Waals surface area contributed by atoms with Gasteiger partial charge < -0.3 is 9.72 Å². The van der Waals surface area contributed by atoms with E-state index in [2.05, 4.69) is 9.72 Å². The zero-order chi connectivity index (χ0) is 12.4. The molecular formula is C12H10ClNO3. The van der Waals surface area contributed by atoms with Crippen molar-refractivity contribution in [1.82, 2.24) is 4.98 Å². The maximum Gasteiger partial charge on any atom is 0.379 e. The molecule has 0 saturated carbocycles. The van der Waals surface area contributed by atoms with E-state index in [1.165, 1.54) is 6.20 Å². The van der Waals surface area contributed by atoms with Gasteiger partial charge in [0.1, 0.15) is 0 Å². The highest BCUT2D eigenvalue weighted by molar-refractivity contribution is 6.43. The van der Waals surface area contributed by atoms with Crippen molar-refractivity contribution in [3.8, 4) is 0 Å². The third kappa shape index (κ3) is 2.17. The SMILES string of the molecule is CCOC(=O)C(=O)c1c[nH]c2cc(Cl)ccc12. The second-order valence-electron chi connectivity index (χ2n) is 3.44. The van der Waals surface area contributed by atoms with Gasteiger partial charge in [0.25, 0.3) is 5.78 Å². The van der Waals surface area contributed by atoms with Crippen molar-refractivity contribution in [2.24, 2.45) is 0 Å². The van der Waals surface area contributed by atoms with E-state index in [0.29, 0.717) is 21.5 Å². The van der Waals surface area contributed by atoms with Crippen LogP contribution >= 0.6 is 11.6 Å². The van der Waals surface area contributed by atoms with Crippen LogP contribution in [0, 0.1) is 0 Å². The molecule has 5 heteroatoms. The van der Waals surface area contributed by atoms with Crippen molar-refractivity contribution in [2.45, 2.75) is 6.92 Å². The van der Waals surface area contributed by atoms with E-state index in [-0.39, 0.29) is 6.61 Å². The molecule has 0 amide bonds. The van der Waals surface area contributed by atoms with E-state index < -0.39 is 11.8 Å². The number of rotatable bonds is 3. The van der Waals surface area contributed by atoms with Gasteiger partial charge in [-0.15, -0.1) is 0 Å². The van der Waals surface area contributed by atoms with Gasteiger partial charge in [-0.2, -0.15) is 0 Å². The average molecular weight is 252 g/mol. The summed E-state index contributed by atoms with van der Waals surface area (Å²) in [6.45, 7) is 1.83. The fraction of sp³-hybridized carbons (Fsp3) is 0.167. The second kappa shape index (κ2) is 4.59. The maximum atomic E-state index is 11.8. The molecule has 2 rings (SSSR count). The molecule has 0 radical (unpaired) electrons. The number of fused-ring (bicyclic) bond motifs is 1. The first-order valence-corrected chi connectivity index (χ1v) is 5.49. The minimum Gasteiger partial charge on any atom is -0.460 e. The summed E-state index contributed by atoms with van der Waals surface area (Å²) in [5.74, 6) is -1.50. The molecule has 0 spiro atoms. The summed E-state index contributed by atoms with van der Waals surface area (Å²) >= 11 is 5.82. The van der Waals surface area contributed by atoms with Crippen molar-refractivity contribution >= 4 is 34.3 Å². The molecule has 0 aliphatic rings. The van der Waals surface area contributed by atoms with Crippen molar-refractivity contribution in [1.29, 1.82) is 0 Å². The highest BCUT2D eigenvalue weighted by Crippen LogP contribution is 2.22. The molecule has 1 heterocycles. The van der Waals surface area contributed by atoms with E-state index in [1.54, 1.807) is 25.1 Å². The standard InChI is InChI=1S/C12H10ClNO3/c1-2-17-12(16)11(15)9-6-14-10-5-7(13)3-4-8(9)10/h3-6,14H,2H2,1H3. The normalized spacial score (nSPS) is 10.5. The number of H-pyrrole nitrogens is 1. The van der Waals surface area contributed by atoms with Crippen molar-refractivity contribution in [3.63, 3.8) is 0 Å². The van der Waals surface area contributed by atoms with Gasteiger partial charge in [-0.1, -0.05) is 17.7 Å². The predicted molar refractivity (Wildman–Crippen MR) is 64.3 cm³/mol. The van der Waals surface area contributed by atoms with Gasteiger partial charge in [0.15, 0.2) is 0 Å². The molecule has 1 N–H and O–H groups in total. The van der Waals surface area contributed by atoms with Crippen LogP contribution in [0.15, 0.2) is 24.4 Å². The Balaban J connectivity index is 2.43. The molecule has 0 aliphatic carbocycles. The average Bonchev–Trinajstić information content (AvgIpc) is 2.71. The summed E-state index contributed by atoms with van der Waals surface area (Å²) in [7, 11) is 0. The molecule has 88 valence electrons. The van der Waals surface area contributed by atoms with Crippen LogP contribution in [0.4, 0.5) is 0 Å². The third-order valence-electron chi connectivity index (χ3n) is 2.35. The smallest absolute Gasteiger partial charge is 0.379 e. The Hall–Kier alpha value is -1.81. The van der Waals surface area contributed by atoms with Gasteiger partial charge in [0.05, 0.1) is 12.2 Å². The lowest BCUT2D eigenvalue weighted by Crippen LogP contribution is -2.17. The highest BCUT2D eigenvalue weighted by atomic mass is 35.5. The number of hydrogen-bond donors (Lipinski definition) is 1. The number of ether oxygens (including phenoxy) is 1. The largest absolute Gasteiger partial charge is 0.460 e. The van der Waals surface area contributed by atoms with Crippen LogP contribution in [0.3, 0.4) is 0 Å². The molecule has 0 saturated heterocycles.